The number of nitrogens with two attached hydrogens (primary N) is 1. The lowest BCUT2D eigenvalue weighted by molar-refractivity contribution is 0.0694. The molecule has 0 aliphatic rings. The van der Waals surface area contributed by atoms with Crippen LogP contribution in [0.2, 0.25) is 0 Å². The van der Waals surface area contributed by atoms with E-state index in [0.717, 1.165) is 6.07 Å². The second-order valence-electron chi connectivity index (χ2n) is 3.77. The van der Waals surface area contributed by atoms with Gasteiger partial charge in [0.1, 0.15) is 22.9 Å². The van der Waals surface area contributed by atoms with Crippen molar-refractivity contribution < 1.29 is 19.0 Å². The maximum absolute atomic E-state index is 13.2. The lowest BCUT2D eigenvalue weighted by Gasteiger charge is -2.09. The van der Waals surface area contributed by atoms with Gasteiger partial charge in [-0.25, -0.2) is 9.18 Å². The lowest BCUT2D eigenvalue weighted by Crippen LogP contribution is -2.01. The van der Waals surface area contributed by atoms with E-state index in [2.05, 4.69) is 15.9 Å². The zero-order chi connectivity index (χ0) is 14.0. The summed E-state index contributed by atoms with van der Waals surface area (Å²) in [4.78, 5) is 11.1. The summed E-state index contributed by atoms with van der Waals surface area (Å²) in [5.74, 6) is -1.37. The van der Waals surface area contributed by atoms with Gasteiger partial charge in [0.15, 0.2) is 0 Å². The number of aromatic carboxylic acids is 1. The maximum Gasteiger partial charge on any atom is 0.339 e. The summed E-state index contributed by atoms with van der Waals surface area (Å²) in [6, 6.07) is 8.19. The molecule has 2 aromatic carbocycles. The molecular weight excluding hydrogens is 317 g/mol. The third-order valence-electron chi connectivity index (χ3n) is 2.30. The Morgan fingerprint density at radius 3 is 2.63 bits per heavy atom. The van der Waals surface area contributed by atoms with Crippen LogP contribution in [0.25, 0.3) is 0 Å². The Kier molecular flexibility index (Phi) is 3.71. The largest absolute Gasteiger partial charge is 0.478 e. The first-order valence-corrected chi connectivity index (χ1v) is 6.02. The predicted octanol–water partition coefficient (Wildman–Crippen LogP) is 3.66. The topological polar surface area (TPSA) is 72.5 Å². The second-order valence-corrected chi connectivity index (χ2v) is 4.68. The molecule has 0 radical (unpaired) electrons. The summed E-state index contributed by atoms with van der Waals surface area (Å²) in [5.41, 5.74) is 5.75. The highest BCUT2D eigenvalue weighted by molar-refractivity contribution is 9.10. The smallest absolute Gasteiger partial charge is 0.339 e. The number of carboxylic acids is 1. The van der Waals surface area contributed by atoms with Crippen molar-refractivity contribution in [3.8, 4) is 11.5 Å². The Labute approximate surface area is 116 Å². The van der Waals surface area contributed by atoms with Crippen molar-refractivity contribution in [3.05, 3.63) is 52.3 Å². The van der Waals surface area contributed by atoms with E-state index in [9.17, 15) is 9.18 Å². The predicted molar refractivity (Wildman–Crippen MR) is 72.0 cm³/mol. The highest BCUT2D eigenvalue weighted by Gasteiger charge is 2.13. The molecule has 0 aromatic heterocycles. The summed E-state index contributed by atoms with van der Waals surface area (Å²) >= 11 is 3.13. The van der Waals surface area contributed by atoms with E-state index in [0.29, 0.717) is 10.2 Å². The van der Waals surface area contributed by atoms with Crippen LogP contribution in [0.3, 0.4) is 0 Å². The van der Waals surface area contributed by atoms with E-state index in [4.69, 9.17) is 15.6 Å². The van der Waals surface area contributed by atoms with Crippen molar-refractivity contribution in [2.75, 3.05) is 5.73 Å². The Balaban J connectivity index is 2.40. The highest BCUT2D eigenvalue weighted by atomic mass is 79.9. The fourth-order valence-corrected chi connectivity index (χ4v) is 1.96. The van der Waals surface area contributed by atoms with Gasteiger partial charge in [-0.05, 0) is 30.3 Å². The fourth-order valence-electron chi connectivity index (χ4n) is 1.52. The quantitative estimate of drug-likeness (QED) is 0.844. The van der Waals surface area contributed by atoms with E-state index < -0.39 is 11.8 Å². The van der Waals surface area contributed by atoms with Gasteiger partial charge in [0.05, 0.1) is 0 Å². The third kappa shape index (κ3) is 3.23. The van der Waals surface area contributed by atoms with Gasteiger partial charge >= 0.3 is 5.97 Å². The molecule has 2 rings (SSSR count). The van der Waals surface area contributed by atoms with Gasteiger partial charge < -0.3 is 15.6 Å². The molecule has 0 fully saturated rings. The van der Waals surface area contributed by atoms with Gasteiger partial charge in [-0.3, -0.25) is 0 Å². The van der Waals surface area contributed by atoms with Crippen LogP contribution in [0.5, 0.6) is 11.5 Å². The average molecular weight is 326 g/mol. The first kappa shape index (κ1) is 13.4. The maximum atomic E-state index is 13.2. The molecule has 0 heterocycles. The number of hydrogen-bond donors (Lipinski definition) is 2. The summed E-state index contributed by atoms with van der Waals surface area (Å²) in [6.45, 7) is 0. The zero-order valence-electron chi connectivity index (χ0n) is 9.56. The van der Waals surface area contributed by atoms with E-state index in [1.165, 1.54) is 30.3 Å². The molecular formula is C13H9BrFNO3. The van der Waals surface area contributed by atoms with Crippen molar-refractivity contribution in [1.29, 1.82) is 0 Å². The van der Waals surface area contributed by atoms with Crippen molar-refractivity contribution >= 4 is 27.6 Å². The van der Waals surface area contributed by atoms with Gasteiger partial charge in [0, 0.05) is 16.2 Å². The monoisotopic (exact) mass is 325 g/mol. The van der Waals surface area contributed by atoms with E-state index in [1.54, 1.807) is 0 Å². The molecule has 3 N–H and O–H groups in total. The molecule has 0 bridgehead atoms. The van der Waals surface area contributed by atoms with E-state index in [1.807, 2.05) is 0 Å². The Morgan fingerprint density at radius 2 is 2.00 bits per heavy atom. The summed E-state index contributed by atoms with van der Waals surface area (Å²) in [7, 11) is 0. The molecule has 98 valence electrons. The number of carbonyl (C=O) groups is 1. The van der Waals surface area contributed by atoms with Crippen molar-refractivity contribution in [2.45, 2.75) is 0 Å². The van der Waals surface area contributed by atoms with Crippen molar-refractivity contribution in [1.82, 2.24) is 0 Å². The molecule has 0 aliphatic heterocycles. The molecule has 0 saturated heterocycles. The number of halogens is 2. The number of carboxylic acid groups (broad SMARTS) is 1. The molecule has 4 nitrogen and oxygen atoms in total. The van der Waals surface area contributed by atoms with Gasteiger partial charge in [-0.15, -0.1) is 0 Å². The minimum atomic E-state index is -1.17. The zero-order valence-corrected chi connectivity index (χ0v) is 11.1. The van der Waals surface area contributed by atoms with Crippen LogP contribution in [0.4, 0.5) is 10.1 Å². The number of hydrogen-bond acceptors (Lipinski definition) is 3. The average Bonchev–Trinajstić information content (AvgIpc) is 2.30. The number of benzene rings is 2. The summed E-state index contributed by atoms with van der Waals surface area (Å²) < 4.78 is 19.1. The van der Waals surface area contributed by atoms with Crippen LogP contribution < -0.4 is 10.5 Å². The molecule has 6 heteroatoms. The van der Waals surface area contributed by atoms with Crippen molar-refractivity contribution in [2.24, 2.45) is 0 Å². The third-order valence-corrected chi connectivity index (χ3v) is 2.76. The number of nitrogen functional groups attached to an aromatic ring is 1. The van der Waals surface area contributed by atoms with E-state index >= 15 is 0 Å². The fraction of sp³-hybridized carbons (Fsp3) is 0. The number of ether oxygens (including phenoxy) is 1. The Bertz CT molecular complexity index is 626. The summed E-state index contributed by atoms with van der Waals surface area (Å²) in [5, 5.41) is 9.06. The minimum absolute atomic E-state index is 0.0830. The molecule has 0 aliphatic carbocycles. The van der Waals surface area contributed by atoms with Crippen LogP contribution in [-0.4, -0.2) is 11.1 Å². The Hall–Kier alpha value is -2.08. The Morgan fingerprint density at radius 1 is 1.26 bits per heavy atom. The van der Waals surface area contributed by atoms with Gasteiger partial charge in [-0.1, -0.05) is 15.9 Å². The molecule has 0 unspecified atom stereocenters. The molecule has 0 amide bonds. The molecule has 2 aromatic rings. The normalized spacial score (nSPS) is 10.2. The molecule has 0 atom stereocenters. The molecule has 0 spiro atoms. The van der Waals surface area contributed by atoms with Gasteiger partial charge in [-0.2, -0.15) is 0 Å². The first-order chi connectivity index (χ1) is 8.95. The van der Waals surface area contributed by atoms with Gasteiger partial charge in [0.2, 0.25) is 0 Å². The number of rotatable bonds is 3. The number of anilines is 1. The van der Waals surface area contributed by atoms with Crippen LogP contribution in [0.1, 0.15) is 10.4 Å². The van der Waals surface area contributed by atoms with Crippen LogP contribution >= 0.6 is 15.9 Å². The van der Waals surface area contributed by atoms with Crippen LogP contribution in [-0.2, 0) is 0 Å². The lowest BCUT2D eigenvalue weighted by atomic mass is 10.2. The van der Waals surface area contributed by atoms with E-state index in [-0.39, 0.29) is 17.1 Å². The van der Waals surface area contributed by atoms with Crippen molar-refractivity contribution in [3.63, 3.8) is 0 Å². The highest BCUT2D eigenvalue weighted by Crippen LogP contribution is 2.29. The standard InChI is InChI=1S/C13H9BrFNO3/c14-7-3-8(15)5-10(4-7)19-12-2-1-9(16)6-11(12)13(17)18/h1-6H,16H2,(H,17,18). The molecule has 0 saturated carbocycles. The minimum Gasteiger partial charge on any atom is -0.478 e. The van der Waals surface area contributed by atoms with Crippen LogP contribution in [0, 0.1) is 5.82 Å². The van der Waals surface area contributed by atoms with Gasteiger partial charge in [0.25, 0.3) is 0 Å². The SMILES string of the molecule is Nc1ccc(Oc2cc(F)cc(Br)c2)c(C(=O)O)c1. The second kappa shape index (κ2) is 5.27. The summed E-state index contributed by atoms with van der Waals surface area (Å²) in [6.07, 6.45) is 0. The molecule has 19 heavy (non-hydrogen) atoms. The first-order valence-electron chi connectivity index (χ1n) is 5.22. The van der Waals surface area contributed by atoms with Crippen LogP contribution in [0.15, 0.2) is 40.9 Å².